The van der Waals surface area contributed by atoms with Crippen molar-refractivity contribution in [2.45, 2.75) is 149 Å². The summed E-state index contributed by atoms with van der Waals surface area (Å²) in [5.41, 5.74) is 1.81. The standard InChI is InChI=1S/C37H58O8/c1-18(2)20-15-22(42-31-28(40)27(39)29(41-8)23(17-38)43-31)30-34(20,5)13-14-35(6)26-19(9-11-36(30,35)7)37-12-10-25-33(3,4)24(37)16-21(26)44-32(37)45-25/h9,18,20-32,38-40H,10-17H2,1-8H3/t20-,21-,22+,23+,24-,25-,26-,27+,28-,29+,30-,31-,32+,34-,35-,36+,37-/m0/s1. The van der Waals surface area contributed by atoms with Crippen LogP contribution >= 0.6 is 0 Å². The second-order valence-electron chi connectivity index (χ2n) is 18.1. The van der Waals surface area contributed by atoms with Gasteiger partial charge in [0, 0.05) is 18.4 Å². The number of rotatable bonds is 5. The second kappa shape index (κ2) is 9.99. The summed E-state index contributed by atoms with van der Waals surface area (Å²) in [6.07, 6.45) is 5.38. The van der Waals surface area contributed by atoms with E-state index in [1.54, 1.807) is 5.57 Å². The fourth-order valence-electron chi connectivity index (χ4n) is 13.9. The van der Waals surface area contributed by atoms with Gasteiger partial charge in [0.1, 0.15) is 24.4 Å². The summed E-state index contributed by atoms with van der Waals surface area (Å²) >= 11 is 0. The molecule has 0 amide bonds. The number of fused-ring (bicyclic) bond motifs is 4. The first kappa shape index (κ1) is 31.7. The van der Waals surface area contributed by atoms with Gasteiger partial charge in [0.25, 0.3) is 0 Å². The van der Waals surface area contributed by atoms with Crippen LogP contribution < -0.4 is 0 Å². The van der Waals surface area contributed by atoms with E-state index in [-0.39, 0.29) is 64.2 Å². The Labute approximate surface area is 269 Å². The Morgan fingerprint density at radius 1 is 0.956 bits per heavy atom. The highest BCUT2D eigenvalue weighted by atomic mass is 16.7. The second-order valence-corrected chi connectivity index (χ2v) is 18.1. The molecule has 4 saturated carbocycles. The molecule has 5 bridgehead atoms. The lowest BCUT2D eigenvalue weighted by Crippen LogP contribution is -2.76. The van der Waals surface area contributed by atoms with E-state index in [9.17, 15) is 15.3 Å². The van der Waals surface area contributed by atoms with Gasteiger partial charge in [-0.15, -0.1) is 0 Å². The molecule has 0 unspecified atom stereocenters. The smallest absolute Gasteiger partial charge is 0.186 e. The Hall–Kier alpha value is -0.580. The first-order valence-corrected chi connectivity index (χ1v) is 18.0. The summed E-state index contributed by atoms with van der Waals surface area (Å²) < 4.78 is 32.2. The maximum atomic E-state index is 11.2. The topological polar surface area (TPSA) is 107 Å². The summed E-state index contributed by atoms with van der Waals surface area (Å²) in [5, 5.41) is 32.2. The molecule has 5 saturated heterocycles. The molecule has 0 aromatic rings. The number of methoxy groups -OCH3 is 1. The zero-order valence-electron chi connectivity index (χ0n) is 28.7. The minimum atomic E-state index is -1.26. The maximum absolute atomic E-state index is 11.2. The first-order chi connectivity index (χ1) is 21.2. The Balaban J connectivity index is 1.18. The Bertz CT molecular complexity index is 1230. The predicted molar refractivity (Wildman–Crippen MR) is 167 cm³/mol. The minimum absolute atomic E-state index is 0.0117. The Morgan fingerprint density at radius 2 is 1.71 bits per heavy atom. The number of aliphatic hydroxyl groups excluding tert-OH is 3. The SMILES string of the molecule is CO[C@H]1[C@H](O)[C@H](O)[C@@H](O[C@@H]2C[C@@H](C(C)C)[C@]3(C)CC[C@@]4(C)[C@H]5C(=CC[C@]4(C)[C@@H]23)[C@]23CC[C@@H]4O[C@H]2O[C@H]5C[C@H]3C4(C)C)O[C@@H]1CO. The van der Waals surface area contributed by atoms with Crippen LogP contribution in [-0.4, -0.2) is 84.3 Å². The lowest BCUT2D eigenvalue weighted by Gasteiger charge is -2.76. The van der Waals surface area contributed by atoms with Crippen molar-refractivity contribution in [2.75, 3.05) is 13.7 Å². The predicted octanol–water partition coefficient (Wildman–Crippen LogP) is 4.83. The monoisotopic (exact) mass is 630 g/mol. The lowest BCUT2D eigenvalue weighted by molar-refractivity contribution is -0.405. The molecule has 17 atom stereocenters. The van der Waals surface area contributed by atoms with Gasteiger partial charge in [-0.1, -0.05) is 60.1 Å². The quantitative estimate of drug-likeness (QED) is 0.371. The molecule has 1 spiro atoms. The van der Waals surface area contributed by atoms with Crippen molar-refractivity contribution in [1.29, 1.82) is 0 Å². The summed E-state index contributed by atoms with van der Waals surface area (Å²) in [7, 11) is 1.46. The average Bonchev–Trinajstić information content (AvgIpc) is 3.31. The van der Waals surface area contributed by atoms with E-state index in [4.69, 9.17) is 23.7 Å². The number of aliphatic hydroxyl groups is 3. The molecular weight excluding hydrogens is 572 g/mol. The zero-order chi connectivity index (χ0) is 32.1. The lowest BCUT2D eigenvalue weighted by atomic mass is 9.33. The van der Waals surface area contributed by atoms with Gasteiger partial charge in [-0.05, 0) is 90.3 Å². The molecule has 8 heteroatoms. The Kier molecular flexibility index (Phi) is 7.03. The van der Waals surface area contributed by atoms with Crippen LogP contribution in [0.15, 0.2) is 11.6 Å². The number of ether oxygens (including phenoxy) is 5. The van der Waals surface area contributed by atoms with Crippen LogP contribution in [0.2, 0.25) is 0 Å². The molecule has 5 heterocycles. The molecular formula is C37H58O8. The van der Waals surface area contributed by atoms with E-state index in [2.05, 4.69) is 54.5 Å². The van der Waals surface area contributed by atoms with Crippen molar-refractivity contribution in [2.24, 2.45) is 56.7 Å². The van der Waals surface area contributed by atoms with Crippen LogP contribution in [0.5, 0.6) is 0 Å². The van der Waals surface area contributed by atoms with Crippen molar-refractivity contribution in [3.63, 3.8) is 0 Å². The molecule has 45 heavy (non-hydrogen) atoms. The molecule has 0 aromatic carbocycles. The summed E-state index contributed by atoms with van der Waals surface area (Å²) in [6.45, 7) is 16.9. The number of hydrogen-bond acceptors (Lipinski definition) is 8. The van der Waals surface area contributed by atoms with Crippen molar-refractivity contribution >= 4 is 0 Å². The molecule has 5 aliphatic heterocycles. The third-order valence-corrected chi connectivity index (χ3v) is 16.1. The average molecular weight is 631 g/mol. The third kappa shape index (κ3) is 3.72. The van der Waals surface area contributed by atoms with Gasteiger partial charge in [-0.2, -0.15) is 0 Å². The van der Waals surface area contributed by atoms with E-state index in [0.29, 0.717) is 23.7 Å². The molecule has 0 aromatic heterocycles. The van der Waals surface area contributed by atoms with Crippen LogP contribution in [0, 0.1) is 56.7 Å². The molecule has 3 N–H and O–H groups in total. The number of allylic oxidation sites excluding steroid dienone is 1. The largest absolute Gasteiger partial charge is 0.394 e. The third-order valence-electron chi connectivity index (χ3n) is 16.1. The number of hydrogen-bond donors (Lipinski definition) is 3. The van der Waals surface area contributed by atoms with Crippen LogP contribution in [0.1, 0.15) is 93.4 Å². The van der Waals surface area contributed by atoms with Crippen molar-refractivity contribution < 1.29 is 39.0 Å². The summed E-state index contributed by atoms with van der Waals surface area (Å²) in [6, 6.07) is 0. The maximum Gasteiger partial charge on any atom is 0.186 e. The summed E-state index contributed by atoms with van der Waals surface area (Å²) in [4.78, 5) is 0. The normalized spacial score (nSPS) is 59.0. The van der Waals surface area contributed by atoms with E-state index < -0.39 is 30.7 Å². The molecule has 10 aliphatic rings. The Morgan fingerprint density at radius 3 is 2.40 bits per heavy atom. The van der Waals surface area contributed by atoms with Gasteiger partial charge in [-0.3, -0.25) is 0 Å². The van der Waals surface area contributed by atoms with Crippen molar-refractivity contribution in [3.05, 3.63) is 11.6 Å². The van der Waals surface area contributed by atoms with Crippen LogP contribution in [0.4, 0.5) is 0 Å². The fraction of sp³-hybridized carbons (Fsp3) is 0.946. The highest BCUT2D eigenvalue weighted by Crippen LogP contribution is 2.79. The molecule has 9 fully saturated rings. The molecule has 254 valence electrons. The van der Waals surface area contributed by atoms with Gasteiger partial charge < -0.3 is 39.0 Å². The first-order valence-electron chi connectivity index (χ1n) is 18.0. The molecule has 0 radical (unpaired) electrons. The van der Waals surface area contributed by atoms with Gasteiger partial charge in [0.05, 0.1) is 24.9 Å². The van der Waals surface area contributed by atoms with Crippen LogP contribution in [0.3, 0.4) is 0 Å². The van der Waals surface area contributed by atoms with Crippen LogP contribution in [-0.2, 0) is 23.7 Å². The summed E-state index contributed by atoms with van der Waals surface area (Å²) in [5.74, 6) is 2.15. The van der Waals surface area contributed by atoms with Crippen molar-refractivity contribution in [3.8, 4) is 0 Å². The molecule has 10 rings (SSSR count). The molecule has 5 aliphatic carbocycles. The van der Waals surface area contributed by atoms with Gasteiger partial charge in [0.15, 0.2) is 12.6 Å². The van der Waals surface area contributed by atoms with Gasteiger partial charge in [-0.25, -0.2) is 0 Å². The van der Waals surface area contributed by atoms with E-state index in [0.717, 1.165) is 38.5 Å². The molecule has 8 nitrogen and oxygen atoms in total. The van der Waals surface area contributed by atoms with Crippen LogP contribution in [0.25, 0.3) is 0 Å². The zero-order valence-corrected chi connectivity index (χ0v) is 28.7. The van der Waals surface area contributed by atoms with E-state index in [1.165, 1.54) is 13.5 Å². The fourth-order valence-corrected chi connectivity index (χ4v) is 13.9. The van der Waals surface area contributed by atoms with E-state index >= 15 is 0 Å². The van der Waals surface area contributed by atoms with E-state index in [1.807, 2.05) is 0 Å². The highest BCUT2D eigenvalue weighted by Gasteiger charge is 2.77. The highest BCUT2D eigenvalue weighted by molar-refractivity contribution is 5.39. The van der Waals surface area contributed by atoms with Gasteiger partial charge in [0.2, 0.25) is 0 Å². The van der Waals surface area contributed by atoms with Gasteiger partial charge >= 0.3 is 0 Å². The minimum Gasteiger partial charge on any atom is -0.394 e. The van der Waals surface area contributed by atoms with Crippen molar-refractivity contribution in [1.82, 2.24) is 0 Å².